The third-order valence-electron chi connectivity index (χ3n) is 7.32. The van der Waals surface area contributed by atoms with E-state index >= 15 is 0 Å². The fraction of sp³-hybridized carbons (Fsp3) is 0.345. The maximum atomic E-state index is 14.1. The molecular weight excluding hydrogens is 537 g/mol. The number of carbonyl (C=O) groups is 1. The smallest absolute Gasteiger partial charge is 0.435 e. The van der Waals surface area contributed by atoms with E-state index < -0.39 is 11.9 Å². The summed E-state index contributed by atoms with van der Waals surface area (Å²) >= 11 is 0. The number of amides is 1. The molecule has 4 aromatic rings. The van der Waals surface area contributed by atoms with Crippen molar-refractivity contribution in [3.63, 3.8) is 0 Å². The average molecular weight is 569 g/mol. The van der Waals surface area contributed by atoms with Crippen molar-refractivity contribution >= 4 is 5.91 Å². The van der Waals surface area contributed by atoms with Crippen molar-refractivity contribution in [2.75, 3.05) is 20.8 Å². The second-order valence-corrected chi connectivity index (χ2v) is 9.97. The number of aromatic nitrogens is 4. The van der Waals surface area contributed by atoms with Gasteiger partial charge in [-0.25, -0.2) is 0 Å². The van der Waals surface area contributed by atoms with E-state index in [9.17, 15) is 18.0 Å². The molecule has 0 spiro atoms. The van der Waals surface area contributed by atoms with Gasteiger partial charge in [-0.2, -0.15) is 18.3 Å². The number of alkyl halides is 3. The number of ether oxygens (including phenoxy) is 2. The van der Waals surface area contributed by atoms with E-state index in [0.29, 0.717) is 46.7 Å². The standard InChI is InChI=1S/C29H31F3N6O3/c1-5-38-17-25(26(34-38)29(30,31)32)23-12-19(16-37-9-8-35(2)28(37)33)13-24-22(23)6-7-36(27(24)39)15-18-10-20(40-3)14-21(11-18)41-4/h8-14,17,33H,5-7,15-16H2,1-4H3. The predicted octanol–water partition coefficient (Wildman–Crippen LogP) is 4.47. The van der Waals surface area contributed by atoms with Gasteiger partial charge in [-0.3, -0.25) is 14.9 Å². The highest BCUT2D eigenvalue weighted by Gasteiger charge is 2.39. The zero-order chi connectivity index (χ0) is 29.5. The van der Waals surface area contributed by atoms with Crippen molar-refractivity contribution < 1.29 is 27.4 Å². The molecule has 1 aliphatic rings. The first-order valence-electron chi connectivity index (χ1n) is 13.1. The van der Waals surface area contributed by atoms with Gasteiger partial charge in [-0.15, -0.1) is 0 Å². The highest BCUT2D eigenvalue weighted by atomic mass is 19.4. The summed E-state index contributed by atoms with van der Waals surface area (Å²) in [5, 5.41) is 12.1. The Hall–Kier alpha value is -4.48. The highest BCUT2D eigenvalue weighted by Crippen LogP contribution is 2.40. The summed E-state index contributed by atoms with van der Waals surface area (Å²) in [5.41, 5.74) is 1.84. The molecule has 2 aromatic heterocycles. The Morgan fingerprint density at radius 1 is 0.951 bits per heavy atom. The molecule has 1 amide bonds. The molecule has 3 heterocycles. The third kappa shape index (κ3) is 5.46. The van der Waals surface area contributed by atoms with Gasteiger partial charge in [-0.05, 0) is 59.9 Å². The molecule has 41 heavy (non-hydrogen) atoms. The molecule has 0 radical (unpaired) electrons. The van der Waals surface area contributed by atoms with Crippen molar-refractivity contribution in [1.29, 1.82) is 5.41 Å². The fourth-order valence-corrected chi connectivity index (χ4v) is 5.21. The Balaban J connectivity index is 1.61. The van der Waals surface area contributed by atoms with E-state index in [0.717, 1.165) is 5.56 Å². The molecule has 1 N–H and O–H groups in total. The number of aryl methyl sites for hydroxylation is 2. The number of methoxy groups -OCH3 is 2. The van der Waals surface area contributed by atoms with Crippen LogP contribution < -0.4 is 15.1 Å². The normalized spacial score (nSPS) is 13.4. The van der Waals surface area contributed by atoms with Crippen molar-refractivity contribution in [3.8, 4) is 22.6 Å². The lowest BCUT2D eigenvalue weighted by atomic mass is 9.88. The maximum Gasteiger partial charge on any atom is 0.435 e. The number of nitrogens with zero attached hydrogens (tertiary/aromatic N) is 5. The quantitative estimate of drug-likeness (QED) is 0.340. The van der Waals surface area contributed by atoms with Gasteiger partial charge in [0.25, 0.3) is 5.91 Å². The minimum absolute atomic E-state index is 0.0552. The summed E-state index contributed by atoms with van der Waals surface area (Å²) in [4.78, 5) is 15.6. The van der Waals surface area contributed by atoms with E-state index in [1.807, 2.05) is 12.1 Å². The van der Waals surface area contributed by atoms with E-state index in [4.69, 9.17) is 14.9 Å². The SMILES string of the molecule is CCn1cc(-c2cc(Cn3ccn(C)c3=N)cc3c2CCN(Cc2cc(OC)cc(OC)c2)C3=O)c(C(F)(F)F)n1. The highest BCUT2D eigenvalue weighted by molar-refractivity contribution is 5.99. The molecular formula is C29H31F3N6O3. The summed E-state index contributed by atoms with van der Waals surface area (Å²) in [6.45, 7) is 2.80. The maximum absolute atomic E-state index is 14.1. The van der Waals surface area contributed by atoms with E-state index in [2.05, 4.69) is 5.10 Å². The topological polar surface area (TPSA) is 90.3 Å². The summed E-state index contributed by atoms with van der Waals surface area (Å²) in [5.74, 6) is 0.900. The molecule has 1 aliphatic heterocycles. The number of hydrogen-bond acceptors (Lipinski definition) is 5. The van der Waals surface area contributed by atoms with Gasteiger partial charge in [0, 0.05) is 62.5 Å². The van der Waals surface area contributed by atoms with Crippen LogP contribution in [-0.2, 0) is 39.3 Å². The van der Waals surface area contributed by atoms with Crippen LogP contribution in [0.5, 0.6) is 11.5 Å². The minimum Gasteiger partial charge on any atom is -0.497 e. The molecule has 0 fully saturated rings. The molecule has 5 rings (SSSR count). The first-order chi connectivity index (χ1) is 19.5. The van der Waals surface area contributed by atoms with Crippen LogP contribution in [0, 0.1) is 5.41 Å². The summed E-state index contributed by atoms with van der Waals surface area (Å²) < 4.78 is 57.6. The zero-order valence-electron chi connectivity index (χ0n) is 23.2. The zero-order valence-corrected chi connectivity index (χ0v) is 23.2. The largest absolute Gasteiger partial charge is 0.497 e. The number of benzene rings is 2. The Kier molecular flexibility index (Phi) is 7.41. The van der Waals surface area contributed by atoms with Gasteiger partial charge >= 0.3 is 6.18 Å². The molecule has 0 saturated carbocycles. The number of nitrogens with one attached hydrogen (secondary N) is 1. The van der Waals surface area contributed by atoms with Gasteiger partial charge in [-0.1, -0.05) is 0 Å². The lowest BCUT2D eigenvalue weighted by Gasteiger charge is -2.31. The minimum atomic E-state index is -4.67. The molecule has 0 bridgehead atoms. The number of hydrogen-bond donors (Lipinski definition) is 1. The molecule has 12 heteroatoms. The average Bonchev–Trinajstić information content (AvgIpc) is 3.53. The fourth-order valence-electron chi connectivity index (χ4n) is 5.21. The van der Waals surface area contributed by atoms with Crippen LogP contribution >= 0.6 is 0 Å². The van der Waals surface area contributed by atoms with Gasteiger partial charge in [0.2, 0.25) is 5.62 Å². The van der Waals surface area contributed by atoms with Crippen molar-refractivity contribution in [2.24, 2.45) is 7.05 Å². The number of rotatable bonds is 8. The second-order valence-electron chi connectivity index (χ2n) is 9.97. The molecule has 0 aliphatic carbocycles. The van der Waals surface area contributed by atoms with Crippen LogP contribution in [0.2, 0.25) is 0 Å². The number of imidazole rings is 1. The van der Waals surface area contributed by atoms with Crippen LogP contribution in [0.1, 0.15) is 39.7 Å². The molecule has 216 valence electrons. The molecule has 0 unspecified atom stereocenters. The number of carbonyl (C=O) groups excluding carboxylic acids is 1. The summed E-state index contributed by atoms with van der Waals surface area (Å²) in [6.07, 6.45) is 0.547. The van der Waals surface area contributed by atoms with E-state index in [1.54, 1.807) is 72.8 Å². The number of halogens is 3. The first kappa shape index (κ1) is 28.1. The van der Waals surface area contributed by atoms with Gasteiger partial charge in [0.15, 0.2) is 5.69 Å². The first-order valence-corrected chi connectivity index (χ1v) is 13.1. The Morgan fingerprint density at radius 2 is 1.61 bits per heavy atom. The Bertz CT molecular complexity index is 1640. The van der Waals surface area contributed by atoms with Crippen molar-refractivity contribution in [3.05, 3.63) is 82.5 Å². The van der Waals surface area contributed by atoms with Crippen LogP contribution in [0.25, 0.3) is 11.1 Å². The molecule has 9 nitrogen and oxygen atoms in total. The van der Waals surface area contributed by atoms with Gasteiger partial charge in [0.1, 0.15) is 11.5 Å². The lowest BCUT2D eigenvalue weighted by molar-refractivity contribution is -0.141. The third-order valence-corrected chi connectivity index (χ3v) is 7.32. The van der Waals surface area contributed by atoms with Crippen molar-refractivity contribution in [2.45, 2.75) is 39.2 Å². The summed E-state index contributed by atoms with van der Waals surface area (Å²) in [7, 11) is 4.83. The van der Waals surface area contributed by atoms with Crippen LogP contribution in [0.4, 0.5) is 13.2 Å². The van der Waals surface area contributed by atoms with Crippen LogP contribution in [-0.4, -0.2) is 50.5 Å². The molecule has 2 aromatic carbocycles. The van der Waals surface area contributed by atoms with Gasteiger partial charge < -0.3 is 23.5 Å². The summed E-state index contributed by atoms with van der Waals surface area (Å²) in [6, 6.07) is 8.82. The lowest BCUT2D eigenvalue weighted by Crippen LogP contribution is -2.37. The van der Waals surface area contributed by atoms with E-state index in [-0.39, 0.29) is 36.7 Å². The molecule has 0 atom stereocenters. The predicted molar refractivity (Wildman–Crippen MR) is 145 cm³/mol. The van der Waals surface area contributed by atoms with Crippen LogP contribution in [0.15, 0.2) is 48.9 Å². The molecule has 0 saturated heterocycles. The monoisotopic (exact) mass is 568 g/mol. The Morgan fingerprint density at radius 3 is 2.20 bits per heavy atom. The second kappa shape index (κ2) is 10.8. The number of fused-ring (bicyclic) bond motifs is 1. The van der Waals surface area contributed by atoms with E-state index in [1.165, 1.54) is 10.9 Å². The van der Waals surface area contributed by atoms with Crippen LogP contribution in [0.3, 0.4) is 0 Å². The Labute approximate surface area is 234 Å². The van der Waals surface area contributed by atoms with Gasteiger partial charge in [0.05, 0.1) is 20.8 Å². The van der Waals surface area contributed by atoms with Crippen molar-refractivity contribution in [1.82, 2.24) is 23.8 Å².